The molecule has 0 fully saturated rings. The number of para-hydroxylation sites is 1. The molecule has 180 valence electrons. The summed E-state index contributed by atoms with van der Waals surface area (Å²) in [6.07, 6.45) is -0.0936. The van der Waals surface area contributed by atoms with E-state index < -0.39 is 12.2 Å². The van der Waals surface area contributed by atoms with Crippen LogP contribution in [0.2, 0.25) is 0 Å². The molecular weight excluding hydrogens is 456 g/mol. The van der Waals surface area contributed by atoms with Crippen molar-refractivity contribution in [2.45, 2.75) is 18.7 Å². The summed E-state index contributed by atoms with van der Waals surface area (Å²) in [5, 5.41) is 19.4. The molecule has 0 saturated carbocycles. The van der Waals surface area contributed by atoms with Crippen LogP contribution in [0.25, 0.3) is 10.8 Å². The van der Waals surface area contributed by atoms with Gasteiger partial charge in [0.05, 0.1) is 26.0 Å². The molecule has 7 heteroatoms. The lowest BCUT2D eigenvalue weighted by Crippen LogP contribution is -2.34. The van der Waals surface area contributed by atoms with E-state index in [9.17, 15) is 9.90 Å². The lowest BCUT2D eigenvalue weighted by molar-refractivity contribution is -0.0199. The van der Waals surface area contributed by atoms with Crippen LogP contribution in [0.4, 0.5) is 0 Å². The number of carboxylic acids is 1. The Kier molecular flexibility index (Phi) is 5.25. The normalized spacial score (nSPS) is 18.2. The summed E-state index contributed by atoms with van der Waals surface area (Å²) < 4.78 is 17.2. The third-order valence-corrected chi connectivity index (χ3v) is 6.86. The first-order valence-electron chi connectivity index (χ1n) is 11.7. The predicted octanol–water partition coefficient (Wildman–Crippen LogP) is 5.80. The van der Waals surface area contributed by atoms with Crippen molar-refractivity contribution in [1.82, 2.24) is 5.01 Å². The molecule has 0 bridgehead atoms. The van der Waals surface area contributed by atoms with Crippen molar-refractivity contribution in [3.63, 3.8) is 0 Å². The van der Waals surface area contributed by atoms with Crippen LogP contribution < -0.4 is 14.2 Å². The number of benzene rings is 4. The molecule has 0 unspecified atom stereocenters. The van der Waals surface area contributed by atoms with E-state index in [1.54, 1.807) is 12.1 Å². The van der Waals surface area contributed by atoms with Crippen molar-refractivity contribution >= 4 is 22.5 Å². The van der Waals surface area contributed by atoms with Gasteiger partial charge in [0.2, 0.25) is 6.23 Å². The van der Waals surface area contributed by atoms with Gasteiger partial charge >= 0.3 is 5.97 Å². The van der Waals surface area contributed by atoms with Gasteiger partial charge in [0.1, 0.15) is 11.3 Å². The van der Waals surface area contributed by atoms with E-state index in [1.807, 2.05) is 47.5 Å². The maximum absolute atomic E-state index is 12.4. The molecule has 0 aliphatic carbocycles. The molecule has 0 amide bonds. The summed E-state index contributed by atoms with van der Waals surface area (Å²) in [6, 6.07) is 25.6. The molecule has 2 heterocycles. The van der Waals surface area contributed by atoms with Crippen molar-refractivity contribution in [2.75, 3.05) is 14.2 Å². The van der Waals surface area contributed by atoms with Gasteiger partial charge in [-0.3, -0.25) is 0 Å². The van der Waals surface area contributed by atoms with Crippen molar-refractivity contribution in [1.29, 1.82) is 0 Å². The summed E-state index contributed by atoms with van der Waals surface area (Å²) in [5.74, 6) is 0.0770. The quantitative estimate of drug-likeness (QED) is 0.389. The minimum Gasteiger partial charge on any atom is -0.493 e. The Bertz CT molecular complexity index is 1520. The predicted molar refractivity (Wildman–Crippen MR) is 136 cm³/mol. The number of carbonyl (C=O) groups is 1. The summed E-state index contributed by atoms with van der Waals surface area (Å²) >= 11 is 0. The molecule has 6 rings (SSSR count). The zero-order valence-corrected chi connectivity index (χ0v) is 19.8. The maximum Gasteiger partial charge on any atom is 0.340 e. The minimum atomic E-state index is -1.13. The maximum atomic E-state index is 12.4. The third-order valence-electron chi connectivity index (χ3n) is 6.86. The molecule has 4 aromatic carbocycles. The number of fused-ring (bicyclic) bond motifs is 4. The summed E-state index contributed by atoms with van der Waals surface area (Å²) in [6.45, 7) is 0. The van der Waals surface area contributed by atoms with E-state index in [-0.39, 0.29) is 17.4 Å². The largest absolute Gasteiger partial charge is 0.493 e. The van der Waals surface area contributed by atoms with Crippen LogP contribution >= 0.6 is 0 Å². The number of nitrogens with zero attached hydrogens (tertiary/aromatic N) is 2. The molecule has 2 atom stereocenters. The molecule has 0 saturated heterocycles. The zero-order chi connectivity index (χ0) is 24.8. The van der Waals surface area contributed by atoms with Gasteiger partial charge in [-0.2, -0.15) is 5.10 Å². The van der Waals surface area contributed by atoms with Gasteiger partial charge in [0.25, 0.3) is 0 Å². The molecule has 2 aliphatic heterocycles. The second-order valence-electron chi connectivity index (χ2n) is 8.75. The minimum absolute atomic E-state index is 0.00575. The first kappa shape index (κ1) is 22.0. The molecule has 2 aliphatic rings. The van der Waals surface area contributed by atoms with Gasteiger partial charge in [0.15, 0.2) is 11.5 Å². The zero-order valence-electron chi connectivity index (χ0n) is 19.8. The van der Waals surface area contributed by atoms with E-state index in [0.717, 1.165) is 27.6 Å². The van der Waals surface area contributed by atoms with Crippen molar-refractivity contribution < 1.29 is 24.1 Å². The van der Waals surface area contributed by atoms with Crippen LogP contribution in [0.1, 0.15) is 45.7 Å². The number of aromatic carboxylic acids is 1. The Morgan fingerprint density at radius 2 is 1.72 bits per heavy atom. The van der Waals surface area contributed by atoms with Gasteiger partial charge in [-0.1, -0.05) is 60.7 Å². The van der Waals surface area contributed by atoms with Crippen LogP contribution in [0, 0.1) is 0 Å². The van der Waals surface area contributed by atoms with Gasteiger partial charge in [-0.15, -0.1) is 0 Å². The topological polar surface area (TPSA) is 80.6 Å². The first-order valence-corrected chi connectivity index (χ1v) is 11.7. The van der Waals surface area contributed by atoms with Crippen LogP contribution in [-0.4, -0.2) is 36.0 Å². The number of hydrogen-bond acceptors (Lipinski definition) is 6. The second-order valence-corrected chi connectivity index (χ2v) is 8.75. The molecular formula is C29H24N2O5. The van der Waals surface area contributed by atoms with Gasteiger partial charge in [0, 0.05) is 23.1 Å². The van der Waals surface area contributed by atoms with Crippen molar-refractivity contribution in [3.8, 4) is 17.2 Å². The number of carboxylic acid groups (broad SMARTS) is 1. The van der Waals surface area contributed by atoms with E-state index >= 15 is 0 Å². The Balaban J connectivity index is 1.53. The number of hydrogen-bond donors (Lipinski definition) is 1. The van der Waals surface area contributed by atoms with E-state index in [1.165, 1.54) is 14.2 Å². The molecule has 0 spiro atoms. The molecule has 0 aromatic heterocycles. The number of methoxy groups -OCH3 is 2. The van der Waals surface area contributed by atoms with E-state index in [2.05, 4.69) is 24.3 Å². The lowest BCUT2D eigenvalue weighted by atomic mass is 9.93. The SMILES string of the molecule is COc1ccc([C@H]2Oc3ccccc3[C@H]3CC(c4cccc5ccccc45)=NN32)c(C(=O)O)c1OC. The van der Waals surface area contributed by atoms with Gasteiger partial charge in [-0.05, 0) is 29.0 Å². The van der Waals surface area contributed by atoms with Crippen molar-refractivity contribution in [2.24, 2.45) is 5.10 Å². The Labute approximate surface area is 208 Å². The standard InChI is InChI=1S/C29H24N2O5/c1-34-25-15-14-21(26(29(32)33)27(25)35-2)28-31-23(20-11-5-6-13-24(20)36-28)16-22(30-31)19-12-7-9-17-8-3-4-10-18(17)19/h3-15,23,28H,16H2,1-2H3,(H,32,33)/t23-,28-/m1/s1. The van der Waals surface area contributed by atoms with Crippen molar-refractivity contribution in [3.05, 3.63) is 101 Å². The molecule has 4 aromatic rings. The highest BCUT2D eigenvalue weighted by Crippen LogP contribution is 2.49. The van der Waals surface area contributed by atoms with E-state index in [0.29, 0.717) is 23.5 Å². The van der Waals surface area contributed by atoms with Crippen LogP contribution in [0.5, 0.6) is 17.2 Å². The molecule has 7 nitrogen and oxygen atoms in total. The summed E-state index contributed by atoms with van der Waals surface area (Å²) in [4.78, 5) is 12.4. The number of rotatable bonds is 5. The average Bonchev–Trinajstić information content (AvgIpc) is 3.37. The molecule has 36 heavy (non-hydrogen) atoms. The highest BCUT2D eigenvalue weighted by Gasteiger charge is 2.43. The monoisotopic (exact) mass is 480 g/mol. The highest BCUT2D eigenvalue weighted by atomic mass is 16.5. The Morgan fingerprint density at radius 3 is 2.53 bits per heavy atom. The fourth-order valence-electron chi connectivity index (χ4n) is 5.25. The summed E-state index contributed by atoms with van der Waals surface area (Å²) in [5.41, 5.74) is 3.45. The first-order chi connectivity index (χ1) is 17.6. The Hall–Kier alpha value is -4.52. The van der Waals surface area contributed by atoms with Crippen LogP contribution in [-0.2, 0) is 0 Å². The van der Waals surface area contributed by atoms with Crippen LogP contribution in [0.15, 0.2) is 84.0 Å². The number of ether oxygens (including phenoxy) is 3. The Morgan fingerprint density at radius 1 is 0.944 bits per heavy atom. The molecule has 0 radical (unpaired) electrons. The number of hydrazone groups is 1. The summed E-state index contributed by atoms with van der Waals surface area (Å²) in [7, 11) is 2.91. The van der Waals surface area contributed by atoms with Gasteiger partial charge in [-0.25, -0.2) is 9.80 Å². The third kappa shape index (κ3) is 3.35. The fraction of sp³-hybridized carbons (Fsp3) is 0.172. The average molecular weight is 481 g/mol. The van der Waals surface area contributed by atoms with E-state index in [4.69, 9.17) is 19.3 Å². The smallest absolute Gasteiger partial charge is 0.340 e. The molecule has 1 N–H and O–H groups in total. The highest BCUT2D eigenvalue weighted by molar-refractivity contribution is 6.11. The van der Waals surface area contributed by atoms with Gasteiger partial charge < -0.3 is 19.3 Å². The lowest BCUT2D eigenvalue weighted by Gasteiger charge is -2.38. The fourth-order valence-corrected chi connectivity index (χ4v) is 5.25. The van der Waals surface area contributed by atoms with Crippen LogP contribution in [0.3, 0.4) is 0 Å². The second kappa shape index (κ2) is 8.61.